The Bertz CT molecular complexity index is 618. The molecule has 5 heteroatoms. The van der Waals surface area contributed by atoms with Crippen LogP contribution in [0, 0.1) is 12.8 Å². The van der Waals surface area contributed by atoms with Gasteiger partial charge < -0.3 is 15.1 Å². The van der Waals surface area contributed by atoms with E-state index in [1.165, 1.54) is 18.4 Å². The van der Waals surface area contributed by atoms with Gasteiger partial charge in [0.2, 0.25) is 0 Å². The van der Waals surface area contributed by atoms with E-state index in [2.05, 4.69) is 10.6 Å². The second-order valence-corrected chi connectivity index (χ2v) is 5.57. The molecule has 21 heavy (non-hydrogen) atoms. The summed E-state index contributed by atoms with van der Waals surface area (Å²) in [5.74, 6) is 0.804. The molecule has 0 radical (unpaired) electrons. The molecule has 4 nitrogen and oxygen atoms in total. The van der Waals surface area contributed by atoms with Crippen molar-refractivity contribution in [3.8, 4) is 0 Å². The molecule has 2 N–H and O–H groups in total. The summed E-state index contributed by atoms with van der Waals surface area (Å²) in [5.41, 5.74) is 1.93. The zero-order valence-electron chi connectivity index (χ0n) is 12.1. The maximum absolute atomic E-state index is 12.1. The van der Waals surface area contributed by atoms with Crippen LogP contribution in [0.5, 0.6) is 0 Å². The SMILES string of the molecule is Cc1ccc2oc(C(=O)NCC3CCCNC3)cc2c1.Cl. The van der Waals surface area contributed by atoms with Crippen molar-refractivity contribution in [1.29, 1.82) is 0 Å². The molecule has 3 rings (SSSR count). The largest absolute Gasteiger partial charge is 0.451 e. The van der Waals surface area contributed by atoms with Crippen LogP contribution in [0.2, 0.25) is 0 Å². The number of aryl methyl sites for hydroxylation is 1. The highest BCUT2D eigenvalue weighted by Crippen LogP contribution is 2.20. The highest BCUT2D eigenvalue weighted by Gasteiger charge is 2.16. The smallest absolute Gasteiger partial charge is 0.287 e. The lowest BCUT2D eigenvalue weighted by Crippen LogP contribution is -2.38. The summed E-state index contributed by atoms with van der Waals surface area (Å²) in [7, 11) is 0. The fraction of sp³-hybridized carbons (Fsp3) is 0.438. The van der Waals surface area contributed by atoms with E-state index in [1.54, 1.807) is 0 Å². The van der Waals surface area contributed by atoms with E-state index in [0.717, 1.165) is 24.1 Å². The molecule has 1 saturated heterocycles. The highest BCUT2D eigenvalue weighted by atomic mass is 35.5. The van der Waals surface area contributed by atoms with Crippen LogP contribution in [0.4, 0.5) is 0 Å². The second kappa shape index (κ2) is 6.96. The maximum Gasteiger partial charge on any atom is 0.287 e. The molecule has 1 aliphatic rings. The summed E-state index contributed by atoms with van der Waals surface area (Å²) in [6.07, 6.45) is 2.36. The third-order valence-corrected chi connectivity index (χ3v) is 3.85. The van der Waals surface area contributed by atoms with Gasteiger partial charge in [0.05, 0.1) is 0 Å². The third kappa shape index (κ3) is 3.77. The van der Waals surface area contributed by atoms with Crippen molar-refractivity contribution in [3.05, 3.63) is 35.6 Å². The molecule has 0 spiro atoms. The minimum atomic E-state index is -0.121. The molecule has 0 bridgehead atoms. The number of amides is 1. The number of carbonyl (C=O) groups excluding carboxylic acids is 1. The first-order valence-electron chi connectivity index (χ1n) is 7.21. The second-order valence-electron chi connectivity index (χ2n) is 5.57. The first-order valence-corrected chi connectivity index (χ1v) is 7.21. The van der Waals surface area contributed by atoms with Gasteiger partial charge in [-0.2, -0.15) is 0 Å². The van der Waals surface area contributed by atoms with Crippen LogP contribution < -0.4 is 10.6 Å². The van der Waals surface area contributed by atoms with E-state index in [1.807, 2.05) is 31.2 Å². The molecule has 1 aliphatic heterocycles. The first kappa shape index (κ1) is 15.9. The zero-order valence-corrected chi connectivity index (χ0v) is 13.0. The Hall–Kier alpha value is -1.52. The molecule has 2 aromatic rings. The average Bonchev–Trinajstić information content (AvgIpc) is 2.89. The van der Waals surface area contributed by atoms with Crippen LogP contribution in [-0.2, 0) is 0 Å². The van der Waals surface area contributed by atoms with Crippen LogP contribution in [0.25, 0.3) is 11.0 Å². The number of fused-ring (bicyclic) bond motifs is 1. The summed E-state index contributed by atoms with van der Waals surface area (Å²) >= 11 is 0. The Kier molecular flexibility index (Phi) is 5.26. The monoisotopic (exact) mass is 308 g/mol. The molecular weight excluding hydrogens is 288 g/mol. The van der Waals surface area contributed by atoms with E-state index in [-0.39, 0.29) is 18.3 Å². The number of furan rings is 1. The van der Waals surface area contributed by atoms with Crippen LogP contribution in [-0.4, -0.2) is 25.5 Å². The molecule has 0 saturated carbocycles. The van der Waals surface area contributed by atoms with Crippen molar-refractivity contribution < 1.29 is 9.21 Å². The van der Waals surface area contributed by atoms with Gasteiger partial charge in [0.15, 0.2) is 5.76 Å². The lowest BCUT2D eigenvalue weighted by molar-refractivity contribution is 0.0919. The number of rotatable bonds is 3. The lowest BCUT2D eigenvalue weighted by Gasteiger charge is -2.22. The molecule has 1 aromatic heterocycles. The molecule has 1 unspecified atom stereocenters. The number of nitrogens with one attached hydrogen (secondary N) is 2. The third-order valence-electron chi connectivity index (χ3n) is 3.85. The molecule has 114 valence electrons. The molecule has 2 heterocycles. The van der Waals surface area contributed by atoms with Crippen molar-refractivity contribution in [3.63, 3.8) is 0 Å². The zero-order chi connectivity index (χ0) is 13.9. The van der Waals surface area contributed by atoms with Crippen molar-refractivity contribution in [2.45, 2.75) is 19.8 Å². The summed E-state index contributed by atoms with van der Waals surface area (Å²) in [5, 5.41) is 7.30. The van der Waals surface area contributed by atoms with Crippen molar-refractivity contribution in [1.82, 2.24) is 10.6 Å². The first-order chi connectivity index (χ1) is 9.72. The predicted octanol–water partition coefficient (Wildman–Crippen LogP) is 2.89. The van der Waals surface area contributed by atoms with Crippen molar-refractivity contribution in [2.24, 2.45) is 5.92 Å². The fourth-order valence-corrected chi connectivity index (χ4v) is 2.70. The van der Waals surface area contributed by atoms with E-state index in [0.29, 0.717) is 18.2 Å². The number of halogens is 1. The van der Waals surface area contributed by atoms with Gasteiger partial charge in [0, 0.05) is 11.9 Å². The number of carbonyl (C=O) groups is 1. The fourth-order valence-electron chi connectivity index (χ4n) is 2.70. The minimum absolute atomic E-state index is 0. The van der Waals surface area contributed by atoms with Gasteiger partial charge in [-0.05, 0) is 57.0 Å². The Morgan fingerprint density at radius 3 is 3.05 bits per heavy atom. The van der Waals surface area contributed by atoms with Gasteiger partial charge in [-0.3, -0.25) is 4.79 Å². The van der Waals surface area contributed by atoms with E-state index in [4.69, 9.17) is 4.42 Å². The lowest BCUT2D eigenvalue weighted by atomic mass is 10.00. The van der Waals surface area contributed by atoms with Gasteiger partial charge >= 0.3 is 0 Å². The molecule has 1 atom stereocenters. The maximum atomic E-state index is 12.1. The molecule has 1 fully saturated rings. The normalized spacial score (nSPS) is 18.2. The Balaban J connectivity index is 0.00000161. The van der Waals surface area contributed by atoms with Crippen LogP contribution in [0.3, 0.4) is 0 Å². The Morgan fingerprint density at radius 2 is 2.29 bits per heavy atom. The molecular formula is C16H21ClN2O2. The topological polar surface area (TPSA) is 54.3 Å². The van der Waals surface area contributed by atoms with Crippen molar-refractivity contribution in [2.75, 3.05) is 19.6 Å². The minimum Gasteiger partial charge on any atom is -0.451 e. The van der Waals surface area contributed by atoms with E-state index < -0.39 is 0 Å². The summed E-state index contributed by atoms with van der Waals surface area (Å²) < 4.78 is 5.60. The quantitative estimate of drug-likeness (QED) is 0.916. The number of hydrogen-bond donors (Lipinski definition) is 2. The van der Waals surface area contributed by atoms with Crippen LogP contribution in [0.15, 0.2) is 28.7 Å². The van der Waals surface area contributed by atoms with Gasteiger partial charge in [-0.25, -0.2) is 0 Å². The van der Waals surface area contributed by atoms with Crippen LogP contribution >= 0.6 is 12.4 Å². The molecule has 0 aliphatic carbocycles. The van der Waals surface area contributed by atoms with E-state index >= 15 is 0 Å². The number of piperidine rings is 1. The molecule has 1 aromatic carbocycles. The van der Waals surface area contributed by atoms with Gasteiger partial charge in [-0.1, -0.05) is 11.6 Å². The average molecular weight is 309 g/mol. The van der Waals surface area contributed by atoms with Crippen LogP contribution in [0.1, 0.15) is 29.0 Å². The standard InChI is InChI=1S/C16H20N2O2.ClH/c1-11-4-5-14-13(7-11)8-15(20-14)16(19)18-10-12-3-2-6-17-9-12;/h4-5,7-8,12,17H,2-3,6,9-10H2,1H3,(H,18,19);1H. The number of benzene rings is 1. The Morgan fingerprint density at radius 1 is 1.43 bits per heavy atom. The van der Waals surface area contributed by atoms with Crippen molar-refractivity contribution >= 4 is 29.3 Å². The van der Waals surface area contributed by atoms with E-state index in [9.17, 15) is 4.79 Å². The van der Waals surface area contributed by atoms with Gasteiger partial charge in [0.25, 0.3) is 5.91 Å². The summed E-state index contributed by atoms with van der Waals surface area (Å²) in [6, 6.07) is 7.74. The summed E-state index contributed by atoms with van der Waals surface area (Å²) in [6.45, 7) is 4.82. The number of hydrogen-bond acceptors (Lipinski definition) is 3. The molecule has 1 amide bonds. The highest BCUT2D eigenvalue weighted by molar-refractivity contribution is 5.96. The van der Waals surface area contributed by atoms with Gasteiger partial charge in [0.1, 0.15) is 5.58 Å². The summed E-state index contributed by atoms with van der Waals surface area (Å²) in [4.78, 5) is 12.1. The van der Waals surface area contributed by atoms with Gasteiger partial charge in [-0.15, -0.1) is 12.4 Å². The predicted molar refractivity (Wildman–Crippen MR) is 86.1 cm³/mol. The Labute approximate surface area is 130 Å².